The summed E-state index contributed by atoms with van der Waals surface area (Å²) in [6.07, 6.45) is 0.115. The summed E-state index contributed by atoms with van der Waals surface area (Å²) in [4.78, 5) is 11.1. The Morgan fingerprint density at radius 2 is 1.80 bits per heavy atom. The molecule has 6 nitrogen and oxygen atoms in total. The molecular formula is C8H15NO5Si. The van der Waals surface area contributed by atoms with Crippen molar-refractivity contribution in [3.63, 3.8) is 0 Å². The van der Waals surface area contributed by atoms with Crippen LogP contribution >= 0.6 is 0 Å². The van der Waals surface area contributed by atoms with Gasteiger partial charge in [0.05, 0.1) is 0 Å². The van der Waals surface area contributed by atoms with E-state index in [1.165, 1.54) is 21.3 Å². The number of rotatable bonds is 7. The fourth-order valence-corrected chi connectivity index (χ4v) is 2.62. The van der Waals surface area contributed by atoms with Crippen LogP contribution in [0.2, 0.25) is 6.04 Å². The highest BCUT2D eigenvalue weighted by atomic mass is 28.4. The van der Waals surface area contributed by atoms with Crippen molar-refractivity contribution in [1.29, 1.82) is 5.26 Å². The Balaban J connectivity index is 4.00. The van der Waals surface area contributed by atoms with Crippen LogP contribution in [0, 0.1) is 11.3 Å². The zero-order valence-electron chi connectivity index (χ0n) is 9.11. The Bertz CT molecular complexity index is 227. The summed E-state index contributed by atoms with van der Waals surface area (Å²) in [7, 11) is 1.71. The first-order chi connectivity index (χ1) is 7.14. The molecule has 0 heterocycles. The molecule has 0 fully saturated rings. The lowest BCUT2D eigenvalue weighted by Crippen LogP contribution is -2.43. The first-order valence-electron chi connectivity index (χ1n) is 4.32. The maximum absolute atomic E-state index is 11.1. The van der Waals surface area contributed by atoms with Crippen LogP contribution < -0.4 is 0 Å². The SMILES string of the molecule is CO[Si](CCC(=O)OCC#N)(OC)OC. The summed E-state index contributed by atoms with van der Waals surface area (Å²) in [5.74, 6) is -0.459. The van der Waals surface area contributed by atoms with Crippen molar-refractivity contribution >= 4 is 14.8 Å². The van der Waals surface area contributed by atoms with Crippen LogP contribution in [-0.2, 0) is 22.8 Å². The molecule has 0 saturated carbocycles. The van der Waals surface area contributed by atoms with Gasteiger partial charge in [-0.05, 0) is 0 Å². The third kappa shape index (κ3) is 4.90. The van der Waals surface area contributed by atoms with Gasteiger partial charge >= 0.3 is 14.8 Å². The Morgan fingerprint density at radius 1 is 1.27 bits per heavy atom. The molecule has 0 aliphatic heterocycles. The third-order valence-electron chi connectivity index (χ3n) is 1.87. The highest BCUT2D eigenvalue weighted by Gasteiger charge is 2.38. The average molecular weight is 233 g/mol. The molecule has 0 spiro atoms. The zero-order valence-corrected chi connectivity index (χ0v) is 10.1. The topological polar surface area (TPSA) is 77.8 Å². The summed E-state index contributed by atoms with van der Waals surface area (Å²) in [5, 5.41) is 8.19. The second-order valence-corrected chi connectivity index (χ2v) is 5.70. The molecule has 86 valence electrons. The van der Waals surface area contributed by atoms with Crippen LogP contribution in [-0.4, -0.2) is 42.7 Å². The van der Waals surface area contributed by atoms with Crippen LogP contribution in [0.1, 0.15) is 6.42 Å². The lowest BCUT2D eigenvalue weighted by atomic mass is 10.5. The lowest BCUT2D eigenvalue weighted by molar-refractivity contribution is -0.142. The number of hydrogen-bond donors (Lipinski definition) is 0. The quantitative estimate of drug-likeness (QED) is 0.465. The van der Waals surface area contributed by atoms with E-state index in [-0.39, 0.29) is 13.0 Å². The van der Waals surface area contributed by atoms with Gasteiger partial charge in [0.25, 0.3) is 0 Å². The van der Waals surface area contributed by atoms with Gasteiger partial charge in [-0.1, -0.05) is 0 Å². The van der Waals surface area contributed by atoms with Gasteiger partial charge in [0.1, 0.15) is 6.07 Å². The second kappa shape index (κ2) is 7.36. The molecule has 0 aromatic carbocycles. The van der Waals surface area contributed by atoms with E-state index < -0.39 is 14.8 Å². The number of carbonyl (C=O) groups excluding carboxylic acids is 1. The lowest BCUT2D eigenvalue weighted by Gasteiger charge is -2.23. The fourth-order valence-electron chi connectivity index (χ4n) is 0.996. The molecule has 0 saturated heterocycles. The molecule has 15 heavy (non-hydrogen) atoms. The smallest absolute Gasteiger partial charge is 0.450 e. The number of carbonyl (C=O) groups is 1. The minimum atomic E-state index is -2.70. The van der Waals surface area contributed by atoms with Gasteiger partial charge in [-0.25, -0.2) is 0 Å². The molecule has 0 amide bonds. The van der Waals surface area contributed by atoms with Gasteiger partial charge in [-0.3, -0.25) is 4.79 Å². The first-order valence-corrected chi connectivity index (χ1v) is 6.25. The maximum Gasteiger partial charge on any atom is 0.500 e. The largest absolute Gasteiger partial charge is 0.500 e. The molecule has 0 radical (unpaired) electrons. The van der Waals surface area contributed by atoms with Crippen molar-refractivity contribution in [3.05, 3.63) is 0 Å². The number of ether oxygens (including phenoxy) is 1. The van der Waals surface area contributed by atoms with Crippen molar-refractivity contribution in [2.45, 2.75) is 12.5 Å². The van der Waals surface area contributed by atoms with Crippen LogP contribution in [0.25, 0.3) is 0 Å². The van der Waals surface area contributed by atoms with E-state index in [0.29, 0.717) is 6.04 Å². The van der Waals surface area contributed by atoms with E-state index in [4.69, 9.17) is 18.5 Å². The van der Waals surface area contributed by atoms with Crippen LogP contribution in [0.5, 0.6) is 0 Å². The molecule has 0 atom stereocenters. The van der Waals surface area contributed by atoms with Gasteiger partial charge in [-0.15, -0.1) is 0 Å². The Kier molecular flexibility index (Phi) is 6.90. The predicted molar refractivity (Wildman–Crippen MR) is 52.8 cm³/mol. The monoisotopic (exact) mass is 233 g/mol. The van der Waals surface area contributed by atoms with Crippen LogP contribution in [0.3, 0.4) is 0 Å². The highest BCUT2D eigenvalue weighted by molar-refractivity contribution is 6.60. The minimum Gasteiger partial charge on any atom is -0.450 e. The molecule has 0 aliphatic rings. The molecule has 0 bridgehead atoms. The molecule has 0 aromatic rings. The fraction of sp³-hybridized carbons (Fsp3) is 0.750. The molecular weight excluding hydrogens is 218 g/mol. The molecule has 7 heteroatoms. The van der Waals surface area contributed by atoms with Crippen molar-refractivity contribution in [1.82, 2.24) is 0 Å². The summed E-state index contributed by atoms with van der Waals surface area (Å²) >= 11 is 0. The van der Waals surface area contributed by atoms with Gasteiger partial charge in [-0.2, -0.15) is 5.26 Å². The number of esters is 1. The van der Waals surface area contributed by atoms with Crippen LogP contribution in [0.4, 0.5) is 0 Å². The highest BCUT2D eigenvalue weighted by Crippen LogP contribution is 2.15. The van der Waals surface area contributed by atoms with Gasteiger partial charge in [0.2, 0.25) is 0 Å². The van der Waals surface area contributed by atoms with E-state index in [1.807, 2.05) is 0 Å². The van der Waals surface area contributed by atoms with Gasteiger partial charge in [0, 0.05) is 33.8 Å². The molecule has 0 rings (SSSR count). The predicted octanol–water partition coefficient (Wildman–Crippen LogP) is 0.321. The molecule has 0 aromatic heterocycles. The molecule has 0 unspecified atom stereocenters. The summed E-state index contributed by atoms with van der Waals surface area (Å²) < 4.78 is 19.9. The second-order valence-electron chi connectivity index (χ2n) is 2.61. The third-order valence-corrected chi connectivity index (χ3v) is 4.59. The number of nitriles is 1. The summed E-state index contributed by atoms with van der Waals surface area (Å²) in [6.45, 7) is -0.236. The molecule has 0 N–H and O–H groups in total. The van der Waals surface area contributed by atoms with Crippen molar-refractivity contribution in [2.24, 2.45) is 0 Å². The van der Waals surface area contributed by atoms with E-state index in [1.54, 1.807) is 6.07 Å². The number of hydrogen-bond acceptors (Lipinski definition) is 6. The van der Waals surface area contributed by atoms with E-state index in [9.17, 15) is 4.79 Å². The standard InChI is InChI=1S/C8H15NO5Si/c1-11-15(12-2,13-3)7-4-8(10)14-6-5-9/h4,6-7H2,1-3H3. The van der Waals surface area contributed by atoms with Crippen molar-refractivity contribution in [2.75, 3.05) is 27.9 Å². The Labute approximate surface area is 90.1 Å². The minimum absolute atomic E-state index is 0.115. The molecule has 0 aliphatic carbocycles. The van der Waals surface area contributed by atoms with Crippen molar-refractivity contribution in [3.8, 4) is 6.07 Å². The van der Waals surface area contributed by atoms with Gasteiger partial charge in [0.15, 0.2) is 6.61 Å². The van der Waals surface area contributed by atoms with E-state index in [0.717, 1.165) is 0 Å². The van der Waals surface area contributed by atoms with E-state index >= 15 is 0 Å². The number of nitrogens with zero attached hydrogens (tertiary/aromatic N) is 1. The van der Waals surface area contributed by atoms with Crippen LogP contribution in [0.15, 0.2) is 0 Å². The van der Waals surface area contributed by atoms with Crippen molar-refractivity contribution < 1.29 is 22.8 Å². The first kappa shape index (κ1) is 14.1. The Hall–Kier alpha value is -0.943. The van der Waals surface area contributed by atoms with Gasteiger partial charge < -0.3 is 18.0 Å². The maximum atomic E-state index is 11.1. The zero-order chi connectivity index (χ0) is 11.7. The van der Waals surface area contributed by atoms with E-state index in [2.05, 4.69) is 4.74 Å². The summed E-state index contributed by atoms with van der Waals surface area (Å²) in [6, 6.07) is 2.05. The average Bonchev–Trinajstić information content (AvgIpc) is 2.29. The normalized spacial score (nSPS) is 10.8. The summed E-state index contributed by atoms with van der Waals surface area (Å²) in [5.41, 5.74) is 0. The Morgan fingerprint density at radius 3 is 2.20 bits per heavy atom.